The van der Waals surface area contributed by atoms with Gasteiger partial charge in [-0.2, -0.15) is 0 Å². The molecule has 0 saturated heterocycles. The van der Waals surface area contributed by atoms with E-state index in [0.29, 0.717) is 18.2 Å². The molecule has 4 nitrogen and oxygen atoms in total. The molecule has 134 valence electrons. The van der Waals surface area contributed by atoms with Crippen LogP contribution in [0.1, 0.15) is 36.6 Å². The first-order valence-corrected chi connectivity index (χ1v) is 8.50. The average Bonchev–Trinajstić information content (AvgIpc) is 2.59. The number of methoxy groups -OCH3 is 1. The van der Waals surface area contributed by atoms with Crippen molar-refractivity contribution in [2.24, 2.45) is 5.92 Å². The Balaban J connectivity index is 2.60. The van der Waals surface area contributed by atoms with Crippen molar-refractivity contribution >= 4 is 11.7 Å². The van der Waals surface area contributed by atoms with Crippen molar-refractivity contribution < 1.29 is 14.3 Å². The molecule has 2 N–H and O–H groups in total. The molecule has 0 aliphatic heterocycles. The third kappa shape index (κ3) is 4.40. The number of benzene rings is 2. The molecule has 2 aromatic rings. The summed E-state index contributed by atoms with van der Waals surface area (Å²) in [5.74, 6) is -0.112. The van der Waals surface area contributed by atoms with Gasteiger partial charge in [0.1, 0.15) is 0 Å². The van der Waals surface area contributed by atoms with Gasteiger partial charge in [-0.25, -0.2) is 4.79 Å². The van der Waals surface area contributed by atoms with Crippen molar-refractivity contribution in [3.63, 3.8) is 0 Å². The number of nitrogen functional groups attached to an aromatic ring is 1. The van der Waals surface area contributed by atoms with Crippen molar-refractivity contribution in [2.45, 2.75) is 33.8 Å². The lowest BCUT2D eigenvalue weighted by atomic mass is 9.91. The predicted molar refractivity (Wildman–Crippen MR) is 101 cm³/mol. The number of nitrogens with two attached hydrogens (primary N) is 1. The van der Waals surface area contributed by atoms with E-state index in [1.807, 2.05) is 64.1 Å². The summed E-state index contributed by atoms with van der Waals surface area (Å²) in [4.78, 5) is 12.4. The Morgan fingerprint density at radius 3 is 2.28 bits per heavy atom. The predicted octanol–water partition coefficient (Wildman–Crippen LogP) is 4.44. The van der Waals surface area contributed by atoms with Gasteiger partial charge in [-0.3, -0.25) is 0 Å². The number of ether oxygens (including phenoxy) is 2. The van der Waals surface area contributed by atoms with Crippen LogP contribution in [-0.2, 0) is 14.3 Å². The van der Waals surface area contributed by atoms with Crippen molar-refractivity contribution in [3.05, 3.63) is 53.1 Å². The summed E-state index contributed by atoms with van der Waals surface area (Å²) in [7, 11) is 1.38. The molecule has 0 fully saturated rings. The normalized spacial score (nSPS) is 12.2. The van der Waals surface area contributed by atoms with Gasteiger partial charge in [-0.05, 0) is 42.5 Å². The highest BCUT2D eigenvalue weighted by molar-refractivity contribution is 5.83. The summed E-state index contributed by atoms with van der Waals surface area (Å²) in [5.41, 5.74) is 11.5. The first-order chi connectivity index (χ1) is 11.8. The number of rotatable bonds is 6. The number of esters is 1. The Morgan fingerprint density at radius 1 is 1.08 bits per heavy atom. The molecule has 0 amide bonds. The maximum atomic E-state index is 12.4. The van der Waals surface area contributed by atoms with Gasteiger partial charge < -0.3 is 15.2 Å². The Hall–Kier alpha value is -2.33. The summed E-state index contributed by atoms with van der Waals surface area (Å²) < 4.78 is 10.9. The van der Waals surface area contributed by atoms with Crippen molar-refractivity contribution in [1.82, 2.24) is 0 Å². The van der Waals surface area contributed by atoms with Crippen LogP contribution in [0.15, 0.2) is 36.4 Å². The first-order valence-electron chi connectivity index (χ1n) is 8.50. The fourth-order valence-electron chi connectivity index (χ4n) is 2.73. The highest BCUT2D eigenvalue weighted by Gasteiger charge is 2.28. The van der Waals surface area contributed by atoms with Crippen LogP contribution >= 0.6 is 0 Å². The van der Waals surface area contributed by atoms with Gasteiger partial charge in [-0.1, -0.05) is 49.7 Å². The lowest BCUT2D eigenvalue weighted by molar-refractivity contribution is -0.155. The molecule has 25 heavy (non-hydrogen) atoms. The van der Waals surface area contributed by atoms with E-state index >= 15 is 0 Å². The highest BCUT2D eigenvalue weighted by atomic mass is 16.6. The summed E-state index contributed by atoms with van der Waals surface area (Å²) in [6.07, 6.45) is -0.799. The summed E-state index contributed by atoms with van der Waals surface area (Å²) in [6.45, 7) is 8.50. The zero-order valence-corrected chi connectivity index (χ0v) is 15.6. The van der Waals surface area contributed by atoms with E-state index in [1.165, 1.54) is 12.7 Å². The molecule has 4 heteroatoms. The molecule has 0 spiro atoms. The molecule has 0 heterocycles. The van der Waals surface area contributed by atoms with Gasteiger partial charge in [-0.15, -0.1) is 0 Å². The lowest BCUT2D eigenvalue weighted by Gasteiger charge is -2.23. The summed E-state index contributed by atoms with van der Waals surface area (Å²) >= 11 is 0. The van der Waals surface area contributed by atoms with E-state index in [0.717, 1.165) is 22.3 Å². The third-order valence-corrected chi connectivity index (χ3v) is 4.19. The molecule has 0 unspecified atom stereocenters. The Kier molecular flexibility index (Phi) is 6.21. The summed E-state index contributed by atoms with van der Waals surface area (Å²) in [5, 5.41) is 0. The molecule has 0 bridgehead atoms. The molecule has 0 aromatic heterocycles. The van der Waals surface area contributed by atoms with Gasteiger partial charge >= 0.3 is 5.97 Å². The van der Waals surface area contributed by atoms with Crippen LogP contribution in [-0.4, -0.2) is 19.7 Å². The highest BCUT2D eigenvalue weighted by Crippen LogP contribution is 2.36. The van der Waals surface area contributed by atoms with Gasteiger partial charge in [0, 0.05) is 11.3 Å². The zero-order valence-electron chi connectivity index (χ0n) is 15.6. The van der Waals surface area contributed by atoms with Crippen LogP contribution < -0.4 is 5.73 Å². The monoisotopic (exact) mass is 341 g/mol. The minimum Gasteiger partial charge on any atom is -0.467 e. The van der Waals surface area contributed by atoms with Crippen LogP contribution in [0.25, 0.3) is 11.1 Å². The van der Waals surface area contributed by atoms with Gasteiger partial charge in [0.15, 0.2) is 6.10 Å². The number of anilines is 1. The minimum absolute atomic E-state index is 0.302. The second kappa shape index (κ2) is 8.17. The molecule has 0 aliphatic rings. The smallest absolute Gasteiger partial charge is 0.339 e. The summed E-state index contributed by atoms with van der Waals surface area (Å²) in [6, 6.07) is 12.0. The van der Waals surface area contributed by atoms with E-state index in [-0.39, 0.29) is 0 Å². The molecular weight excluding hydrogens is 314 g/mol. The van der Waals surface area contributed by atoms with Crippen molar-refractivity contribution in [1.29, 1.82) is 0 Å². The number of hydrogen-bond acceptors (Lipinski definition) is 4. The largest absolute Gasteiger partial charge is 0.467 e. The third-order valence-electron chi connectivity index (χ3n) is 4.19. The zero-order chi connectivity index (χ0) is 18.6. The van der Waals surface area contributed by atoms with E-state index in [1.54, 1.807) is 0 Å². The fraction of sp³-hybridized carbons (Fsp3) is 0.381. The second-order valence-electron chi connectivity index (χ2n) is 6.74. The van der Waals surface area contributed by atoms with Crippen molar-refractivity contribution in [3.8, 4) is 11.1 Å². The molecule has 2 rings (SSSR count). The van der Waals surface area contributed by atoms with E-state index in [4.69, 9.17) is 15.2 Å². The van der Waals surface area contributed by atoms with Crippen LogP contribution in [0, 0.1) is 19.8 Å². The maximum Gasteiger partial charge on any atom is 0.339 e. The fourth-order valence-corrected chi connectivity index (χ4v) is 2.73. The van der Waals surface area contributed by atoms with Gasteiger partial charge in [0.05, 0.1) is 13.7 Å². The number of carbonyl (C=O) groups excluding carboxylic acids is 1. The van der Waals surface area contributed by atoms with Crippen LogP contribution in [0.4, 0.5) is 5.69 Å². The Morgan fingerprint density at radius 2 is 1.72 bits per heavy atom. The number of aryl methyl sites for hydroxylation is 1. The number of hydrogen-bond donors (Lipinski definition) is 1. The van der Waals surface area contributed by atoms with Crippen molar-refractivity contribution in [2.75, 3.05) is 19.5 Å². The molecule has 1 atom stereocenters. The minimum atomic E-state index is -0.799. The molecule has 0 saturated carbocycles. The van der Waals surface area contributed by atoms with Crippen LogP contribution in [0.3, 0.4) is 0 Å². The quantitative estimate of drug-likeness (QED) is 0.623. The second-order valence-corrected chi connectivity index (χ2v) is 6.74. The van der Waals surface area contributed by atoms with Gasteiger partial charge in [0.25, 0.3) is 0 Å². The standard InChI is InChI=1S/C21H27NO3/c1-13(2)12-25-20(21(23)24-5)19-15(4)18(22)11-10-17(19)16-8-6-14(3)7-9-16/h6-11,13,20H,12,22H2,1-5H3/t20-/m0/s1. The lowest BCUT2D eigenvalue weighted by Crippen LogP contribution is -2.22. The SMILES string of the molecule is COC(=O)[C@@H](OCC(C)C)c1c(-c2ccc(C)cc2)ccc(N)c1C. The Bertz CT molecular complexity index is 736. The average molecular weight is 341 g/mol. The van der Waals surface area contributed by atoms with Crippen LogP contribution in [0.2, 0.25) is 0 Å². The Labute approximate surface area is 150 Å². The van der Waals surface area contributed by atoms with Gasteiger partial charge in [0.2, 0.25) is 0 Å². The maximum absolute atomic E-state index is 12.4. The molecule has 0 aliphatic carbocycles. The van der Waals surface area contributed by atoms with E-state index < -0.39 is 12.1 Å². The topological polar surface area (TPSA) is 61.5 Å². The molecule has 0 radical (unpaired) electrons. The van der Waals surface area contributed by atoms with E-state index in [2.05, 4.69) is 0 Å². The number of carbonyl (C=O) groups is 1. The molecule has 2 aromatic carbocycles. The van der Waals surface area contributed by atoms with Crippen LogP contribution in [0.5, 0.6) is 0 Å². The molecular formula is C21H27NO3. The van der Waals surface area contributed by atoms with E-state index in [9.17, 15) is 4.79 Å². The first kappa shape index (κ1) is 19.0.